The van der Waals surface area contributed by atoms with Gasteiger partial charge in [0.1, 0.15) is 10.7 Å². The zero-order valence-corrected chi connectivity index (χ0v) is 11.8. The molecule has 1 saturated heterocycles. The summed E-state index contributed by atoms with van der Waals surface area (Å²) in [7, 11) is -4.14. The van der Waals surface area contributed by atoms with Crippen LogP contribution in [0.2, 0.25) is 0 Å². The standard InChI is InChI=1S/C12H13FN2O5S/c13-8-6-9-10(20-12(16)14-9)7-11(8)21(17,18)15-4-2-1-3-5-19-15/h6-7H,1-5H2,(H,14,16). The Bertz CT molecular complexity index is 818. The maximum absolute atomic E-state index is 14.1. The van der Waals surface area contributed by atoms with Gasteiger partial charge in [0.2, 0.25) is 0 Å². The first-order valence-electron chi connectivity index (χ1n) is 6.46. The van der Waals surface area contributed by atoms with Gasteiger partial charge in [-0.15, -0.1) is 0 Å². The van der Waals surface area contributed by atoms with Crippen LogP contribution in [0.15, 0.2) is 26.2 Å². The van der Waals surface area contributed by atoms with Crippen LogP contribution in [0.1, 0.15) is 19.3 Å². The van der Waals surface area contributed by atoms with Crippen LogP contribution in [-0.4, -0.2) is 31.0 Å². The molecule has 0 amide bonds. The van der Waals surface area contributed by atoms with Gasteiger partial charge in [-0.2, -0.15) is 0 Å². The van der Waals surface area contributed by atoms with E-state index in [1.54, 1.807) is 0 Å². The van der Waals surface area contributed by atoms with E-state index in [-0.39, 0.29) is 24.3 Å². The first kappa shape index (κ1) is 14.2. The third-order valence-corrected chi connectivity index (χ3v) is 4.93. The zero-order chi connectivity index (χ0) is 15.0. The lowest BCUT2D eigenvalue weighted by Crippen LogP contribution is -2.31. The lowest BCUT2D eigenvalue weighted by atomic mass is 10.2. The maximum Gasteiger partial charge on any atom is 0.417 e. The maximum atomic E-state index is 14.1. The van der Waals surface area contributed by atoms with Gasteiger partial charge in [-0.25, -0.2) is 17.6 Å². The zero-order valence-electron chi connectivity index (χ0n) is 11.0. The second-order valence-corrected chi connectivity index (χ2v) is 6.52. The van der Waals surface area contributed by atoms with Gasteiger partial charge in [-0.3, -0.25) is 9.82 Å². The summed E-state index contributed by atoms with van der Waals surface area (Å²) < 4.78 is 44.5. The van der Waals surface area contributed by atoms with Crippen molar-refractivity contribution >= 4 is 21.1 Å². The fraction of sp³-hybridized carbons (Fsp3) is 0.417. The molecule has 9 heteroatoms. The number of sulfonamides is 1. The molecule has 2 aromatic rings. The molecule has 1 aromatic heterocycles. The molecule has 1 aliphatic rings. The van der Waals surface area contributed by atoms with Crippen LogP contribution in [0, 0.1) is 5.82 Å². The molecular weight excluding hydrogens is 303 g/mol. The normalized spacial score (nSPS) is 18.0. The predicted octanol–water partition coefficient (Wildman–Crippen LogP) is 1.37. The van der Waals surface area contributed by atoms with Gasteiger partial charge in [0.25, 0.3) is 10.0 Å². The SMILES string of the molecule is O=c1[nH]c2cc(F)c(S(=O)(=O)N3CCCCCO3)cc2o1. The average molecular weight is 316 g/mol. The van der Waals surface area contributed by atoms with Crippen molar-refractivity contribution in [3.63, 3.8) is 0 Å². The van der Waals surface area contributed by atoms with Crippen LogP contribution < -0.4 is 5.76 Å². The summed E-state index contributed by atoms with van der Waals surface area (Å²) in [5, 5.41) is 0. The summed E-state index contributed by atoms with van der Waals surface area (Å²) in [6, 6.07) is 1.91. The fourth-order valence-electron chi connectivity index (χ4n) is 2.20. The minimum Gasteiger partial charge on any atom is -0.408 e. The molecule has 0 spiro atoms. The highest BCUT2D eigenvalue weighted by Crippen LogP contribution is 2.25. The number of H-pyrrole nitrogens is 1. The second kappa shape index (κ2) is 5.24. The average Bonchev–Trinajstić information content (AvgIpc) is 2.65. The van der Waals surface area contributed by atoms with Crippen LogP contribution in [0.5, 0.6) is 0 Å². The Hall–Kier alpha value is -1.71. The van der Waals surface area contributed by atoms with Crippen LogP contribution in [0.25, 0.3) is 11.1 Å². The van der Waals surface area contributed by atoms with Crippen LogP contribution >= 0.6 is 0 Å². The lowest BCUT2D eigenvalue weighted by molar-refractivity contribution is -0.0750. The molecule has 1 aromatic carbocycles. The van der Waals surface area contributed by atoms with Gasteiger partial charge in [-0.1, -0.05) is 4.47 Å². The van der Waals surface area contributed by atoms with E-state index in [1.165, 1.54) is 0 Å². The third kappa shape index (κ3) is 2.59. The Morgan fingerprint density at radius 3 is 2.86 bits per heavy atom. The van der Waals surface area contributed by atoms with Crippen LogP contribution in [0.4, 0.5) is 4.39 Å². The van der Waals surface area contributed by atoms with Crippen molar-refractivity contribution in [1.29, 1.82) is 0 Å². The highest BCUT2D eigenvalue weighted by Gasteiger charge is 2.30. The Labute approximate surface area is 119 Å². The quantitative estimate of drug-likeness (QED) is 0.903. The van der Waals surface area contributed by atoms with Crippen molar-refractivity contribution in [3.8, 4) is 0 Å². The second-order valence-electron chi connectivity index (χ2n) is 4.72. The largest absolute Gasteiger partial charge is 0.417 e. The summed E-state index contributed by atoms with van der Waals surface area (Å²) >= 11 is 0. The molecule has 1 aliphatic heterocycles. The number of nitrogens with one attached hydrogen (secondary N) is 1. The van der Waals surface area contributed by atoms with E-state index in [0.717, 1.165) is 29.4 Å². The monoisotopic (exact) mass is 316 g/mol. The Balaban J connectivity index is 2.08. The summed E-state index contributed by atoms with van der Waals surface area (Å²) in [5.74, 6) is -1.74. The van der Waals surface area contributed by atoms with Gasteiger partial charge in [0, 0.05) is 18.7 Å². The van der Waals surface area contributed by atoms with Gasteiger partial charge < -0.3 is 4.42 Å². The minimum absolute atomic E-state index is 0.0187. The molecule has 0 saturated carbocycles. The summed E-state index contributed by atoms with van der Waals surface area (Å²) in [6.45, 7) is 0.430. The first-order valence-corrected chi connectivity index (χ1v) is 7.90. The van der Waals surface area contributed by atoms with E-state index in [4.69, 9.17) is 9.25 Å². The van der Waals surface area contributed by atoms with Crippen LogP contribution in [-0.2, 0) is 14.9 Å². The molecule has 1 fully saturated rings. The molecule has 0 atom stereocenters. The predicted molar refractivity (Wildman–Crippen MR) is 70.5 cm³/mol. The highest BCUT2D eigenvalue weighted by atomic mass is 32.2. The van der Waals surface area contributed by atoms with E-state index >= 15 is 0 Å². The third-order valence-electron chi connectivity index (χ3n) is 3.24. The first-order chi connectivity index (χ1) is 9.98. The molecule has 0 aliphatic carbocycles. The number of aromatic nitrogens is 1. The fourth-order valence-corrected chi connectivity index (χ4v) is 3.56. The van der Waals surface area contributed by atoms with Crippen molar-refractivity contribution < 1.29 is 22.1 Å². The van der Waals surface area contributed by atoms with Gasteiger partial charge in [-0.05, 0) is 19.3 Å². The smallest absolute Gasteiger partial charge is 0.408 e. The number of rotatable bonds is 2. The summed E-state index contributed by atoms with van der Waals surface area (Å²) in [6.07, 6.45) is 2.24. The molecule has 1 N–H and O–H groups in total. The van der Waals surface area contributed by atoms with E-state index in [2.05, 4.69) is 4.98 Å². The van der Waals surface area contributed by atoms with Gasteiger partial charge in [0.05, 0.1) is 12.1 Å². The molecule has 0 unspecified atom stereocenters. The Kier molecular flexibility index (Phi) is 3.56. The van der Waals surface area contributed by atoms with E-state index < -0.39 is 26.5 Å². The molecule has 0 radical (unpaired) electrons. The summed E-state index contributed by atoms with van der Waals surface area (Å²) in [5.41, 5.74) is 0.0861. The van der Waals surface area contributed by atoms with Crippen molar-refractivity contribution in [2.45, 2.75) is 24.2 Å². The number of halogens is 1. The van der Waals surface area contributed by atoms with Crippen molar-refractivity contribution in [2.75, 3.05) is 13.2 Å². The molecule has 7 nitrogen and oxygen atoms in total. The summed E-state index contributed by atoms with van der Waals surface area (Å²) in [4.78, 5) is 17.9. The van der Waals surface area contributed by atoms with E-state index in [0.29, 0.717) is 6.42 Å². The topological polar surface area (TPSA) is 92.6 Å². The number of hydrogen-bond donors (Lipinski definition) is 1. The number of aromatic amines is 1. The number of nitrogens with zero attached hydrogens (tertiary/aromatic N) is 1. The molecule has 0 bridgehead atoms. The number of benzene rings is 1. The molecule has 114 valence electrons. The number of hydrogen-bond acceptors (Lipinski definition) is 5. The number of oxazole rings is 1. The van der Waals surface area contributed by atoms with Crippen LogP contribution in [0.3, 0.4) is 0 Å². The molecular formula is C12H13FN2O5S. The molecule has 3 rings (SSSR count). The van der Waals surface area contributed by atoms with E-state index in [1.807, 2.05) is 0 Å². The van der Waals surface area contributed by atoms with E-state index in [9.17, 15) is 17.6 Å². The van der Waals surface area contributed by atoms with Crippen molar-refractivity contribution in [2.24, 2.45) is 0 Å². The Morgan fingerprint density at radius 1 is 1.24 bits per heavy atom. The van der Waals surface area contributed by atoms with Gasteiger partial charge >= 0.3 is 5.76 Å². The highest BCUT2D eigenvalue weighted by molar-refractivity contribution is 7.89. The Morgan fingerprint density at radius 2 is 2.05 bits per heavy atom. The molecule has 21 heavy (non-hydrogen) atoms. The lowest BCUT2D eigenvalue weighted by Gasteiger charge is -2.19. The number of fused-ring (bicyclic) bond motifs is 1. The van der Waals surface area contributed by atoms with Crippen molar-refractivity contribution in [3.05, 3.63) is 28.5 Å². The van der Waals surface area contributed by atoms with Crippen molar-refractivity contribution in [1.82, 2.24) is 9.45 Å². The minimum atomic E-state index is -4.14. The molecule has 2 heterocycles. The number of hydroxylamine groups is 1. The van der Waals surface area contributed by atoms with Gasteiger partial charge in [0.15, 0.2) is 5.58 Å².